The van der Waals surface area contributed by atoms with Crippen molar-refractivity contribution in [3.05, 3.63) is 0 Å². The molecule has 5 heteroatoms. The first-order chi connectivity index (χ1) is 4.63. The van der Waals surface area contributed by atoms with Crippen LogP contribution in [0.5, 0.6) is 0 Å². The van der Waals surface area contributed by atoms with Crippen LogP contribution < -0.4 is 5.32 Å². The first kappa shape index (κ1) is 9.35. The lowest BCUT2D eigenvalue weighted by molar-refractivity contribution is -0.134. The van der Waals surface area contributed by atoms with E-state index in [-0.39, 0.29) is 0 Å². The molecular formula is C5H12N2O3. The fourth-order valence-electron chi connectivity index (χ4n) is 0.495. The van der Waals surface area contributed by atoms with Crippen LogP contribution in [0.25, 0.3) is 0 Å². The van der Waals surface area contributed by atoms with Gasteiger partial charge in [-0.1, -0.05) is 0 Å². The maximum Gasteiger partial charge on any atom is 0.300 e. The maximum atomic E-state index is 9.00. The van der Waals surface area contributed by atoms with Gasteiger partial charge in [0.15, 0.2) is 0 Å². The predicted molar refractivity (Wildman–Crippen MR) is 34.7 cm³/mol. The van der Waals surface area contributed by atoms with Crippen molar-refractivity contribution in [1.82, 2.24) is 10.4 Å². The van der Waals surface area contributed by atoms with Crippen LogP contribution in [0, 0.1) is 0 Å². The second kappa shape index (κ2) is 5.16. The third-order valence-electron chi connectivity index (χ3n) is 0.841. The van der Waals surface area contributed by atoms with Crippen LogP contribution in [-0.2, 0) is 4.79 Å². The number of carboxylic acids is 1. The van der Waals surface area contributed by atoms with E-state index >= 15 is 0 Å². The Morgan fingerprint density at radius 2 is 2.20 bits per heavy atom. The highest BCUT2D eigenvalue weighted by Gasteiger charge is 2.04. The van der Waals surface area contributed by atoms with Crippen LogP contribution in [0.15, 0.2) is 0 Å². The molecule has 1 heterocycles. The lowest BCUT2D eigenvalue weighted by Gasteiger charge is -1.97. The van der Waals surface area contributed by atoms with Crippen molar-refractivity contribution in [2.24, 2.45) is 0 Å². The summed E-state index contributed by atoms with van der Waals surface area (Å²) in [6.07, 6.45) is 0. The molecule has 0 aliphatic carbocycles. The van der Waals surface area contributed by atoms with E-state index in [9.17, 15) is 0 Å². The van der Waals surface area contributed by atoms with Gasteiger partial charge in [0, 0.05) is 20.0 Å². The van der Waals surface area contributed by atoms with E-state index in [0.29, 0.717) is 6.67 Å². The molecule has 60 valence electrons. The molecule has 1 fully saturated rings. The van der Waals surface area contributed by atoms with Gasteiger partial charge in [-0.2, -0.15) is 5.06 Å². The molecule has 1 saturated heterocycles. The van der Waals surface area contributed by atoms with Gasteiger partial charge in [-0.25, -0.2) is 0 Å². The molecule has 0 unspecified atom stereocenters. The van der Waals surface area contributed by atoms with E-state index < -0.39 is 5.97 Å². The molecule has 10 heavy (non-hydrogen) atoms. The molecule has 0 aromatic rings. The summed E-state index contributed by atoms with van der Waals surface area (Å²) in [5, 5.41) is 20.1. The highest BCUT2D eigenvalue weighted by Crippen LogP contribution is 1.81. The third-order valence-corrected chi connectivity index (χ3v) is 0.841. The van der Waals surface area contributed by atoms with Crippen molar-refractivity contribution >= 4 is 5.97 Å². The van der Waals surface area contributed by atoms with Crippen LogP contribution >= 0.6 is 0 Å². The molecule has 5 nitrogen and oxygen atoms in total. The van der Waals surface area contributed by atoms with Crippen molar-refractivity contribution in [1.29, 1.82) is 0 Å². The molecule has 0 saturated carbocycles. The molecule has 0 aromatic carbocycles. The summed E-state index contributed by atoms with van der Waals surface area (Å²) in [5.41, 5.74) is 0. The van der Waals surface area contributed by atoms with Crippen molar-refractivity contribution in [2.45, 2.75) is 6.92 Å². The summed E-state index contributed by atoms with van der Waals surface area (Å²) >= 11 is 0. The van der Waals surface area contributed by atoms with E-state index in [1.54, 1.807) is 0 Å². The zero-order chi connectivity index (χ0) is 7.98. The molecule has 0 radical (unpaired) electrons. The van der Waals surface area contributed by atoms with Gasteiger partial charge in [0.1, 0.15) is 0 Å². The van der Waals surface area contributed by atoms with E-state index in [2.05, 4.69) is 5.32 Å². The van der Waals surface area contributed by atoms with Gasteiger partial charge in [0.25, 0.3) is 5.97 Å². The first-order valence-electron chi connectivity index (χ1n) is 2.97. The van der Waals surface area contributed by atoms with Gasteiger partial charge in [0.05, 0.1) is 6.67 Å². The molecule has 3 N–H and O–H groups in total. The van der Waals surface area contributed by atoms with Crippen molar-refractivity contribution in [3.8, 4) is 0 Å². The maximum absolute atomic E-state index is 9.00. The number of hydrogen-bond donors (Lipinski definition) is 3. The van der Waals surface area contributed by atoms with Crippen LogP contribution in [-0.4, -0.2) is 41.1 Å². The Labute approximate surface area is 59.2 Å². The number of hydroxylamine groups is 2. The van der Waals surface area contributed by atoms with E-state index in [4.69, 9.17) is 15.1 Å². The Kier molecular flexibility index (Phi) is 4.82. The highest BCUT2D eigenvalue weighted by molar-refractivity contribution is 5.62. The molecular weight excluding hydrogens is 136 g/mol. The molecule has 1 rings (SSSR count). The van der Waals surface area contributed by atoms with Crippen molar-refractivity contribution in [2.75, 3.05) is 19.8 Å². The van der Waals surface area contributed by atoms with Gasteiger partial charge in [-0.05, 0) is 0 Å². The predicted octanol–water partition coefficient (Wildman–Crippen LogP) is -0.671. The first-order valence-corrected chi connectivity index (χ1v) is 2.97. The van der Waals surface area contributed by atoms with E-state index in [1.807, 2.05) is 0 Å². The highest BCUT2D eigenvalue weighted by atomic mass is 16.5. The number of carboxylic acid groups (broad SMARTS) is 1. The normalized spacial score (nSPS) is 17.8. The summed E-state index contributed by atoms with van der Waals surface area (Å²) < 4.78 is 0. The van der Waals surface area contributed by atoms with Gasteiger partial charge in [0.2, 0.25) is 0 Å². The quantitative estimate of drug-likeness (QED) is 0.425. The number of rotatable bonds is 0. The Balaban J connectivity index is 0.000000180. The summed E-state index contributed by atoms with van der Waals surface area (Å²) in [6, 6.07) is 0. The third kappa shape index (κ3) is 7.35. The number of nitrogens with one attached hydrogen (secondary N) is 1. The van der Waals surface area contributed by atoms with Gasteiger partial charge in [-0.3, -0.25) is 4.79 Å². The average Bonchev–Trinajstić information content (AvgIpc) is 2.15. The minimum atomic E-state index is -0.833. The summed E-state index contributed by atoms with van der Waals surface area (Å²) in [6.45, 7) is 3.39. The van der Waals surface area contributed by atoms with Crippen LogP contribution in [0.2, 0.25) is 0 Å². The SMILES string of the molecule is CC(=O)O.ON1CCNC1. The van der Waals surface area contributed by atoms with E-state index in [1.165, 1.54) is 5.06 Å². The minimum absolute atomic E-state index is 0.625. The zero-order valence-corrected chi connectivity index (χ0v) is 5.87. The molecule has 0 spiro atoms. The Morgan fingerprint density at radius 3 is 2.30 bits per heavy atom. The lowest BCUT2D eigenvalue weighted by Crippen LogP contribution is -2.16. The van der Waals surface area contributed by atoms with Crippen LogP contribution in [0.3, 0.4) is 0 Å². The van der Waals surface area contributed by atoms with E-state index in [0.717, 1.165) is 20.0 Å². The van der Waals surface area contributed by atoms with Gasteiger partial charge >= 0.3 is 0 Å². The Bertz CT molecular complexity index is 97.1. The molecule has 0 bridgehead atoms. The summed E-state index contributed by atoms with van der Waals surface area (Å²) in [5.74, 6) is -0.833. The van der Waals surface area contributed by atoms with Crippen molar-refractivity contribution in [3.63, 3.8) is 0 Å². The Hall–Kier alpha value is -0.650. The van der Waals surface area contributed by atoms with Crippen LogP contribution in [0.1, 0.15) is 6.92 Å². The second-order valence-electron chi connectivity index (χ2n) is 1.91. The topological polar surface area (TPSA) is 72.8 Å². The summed E-state index contributed by atoms with van der Waals surface area (Å²) in [4.78, 5) is 9.00. The lowest BCUT2D eigenvalue weighted by atomic mass is 10.7. The minimum Gasteiger partial charge on any atom is -0.481 e. The van der Waals surface area contributed by atoms with Crippen molar-refractivity contribution < 1.29 is 15.1 Å². The molecule has 1 aliphatic rings. The fraction of sp³-hybridized carbons (Fsp3) is 0.800. The standard InChI is InChI=1S/C3H8N2O.C2H4O2/c6-5-2-1-4-3-5;1-2(3)4/h4,6H,1-3H2;1H3,(H,3,4). The van der Waals surface area contributed by atoms with Gasteiger partial charge in [-0.15, -0.1) is 0 Å². The number of aliphatic carboxylic acids is 1. The smallest absolute Gasteiger partial charge is 0.300 e. The molecule has 0 aromatic heterocycles. The Morgan fingerprint density at radius 1 is 1.70 bits per heavy atom. The number of carbonyl (C=O) groups is 1. The monoisotopic (exact) mass is 148 g/mol. The second-order valence-corrected chi connectivity index (χ2v) is 1.91. The molecule has 0 amide bonds. The number of hydrogen-bond acceptors (Lipinski definition) is 4. The van der Waals surface area contributed by atoms with Crippen LogP contribution in [0.4, 0.5) is 0 Å². The number of nitrogens with zero attached hydrogens (tertiary/aromatic N) is 1. The fourth-order valence-corrected chi connectivity index (χ4v) is 0.495. The largest absolute Gasteiger partial charge is 0.481 e. The zero-order valence-electron chi connectivity index (χ0n) is 5.87. The molecule has 1 aliphatic heterocycles. The summed E-state index contributed by atoms with van der Waals surface area (Å²) in [7, 11) is 0. The molecule has 0 atom stereocenters. The van der Waals surface area contributed by atoms with Gasteiger partial charge < -0.3 is 15.6 Å². The average molecular weight is 148 g/mol.